The summed E-state index contributed by atoms with van der Waals surface area (Å²) in [5, 5.41) is 2.97. The Labute approximate surface area is 136 Å². The van der Waals surface area contributed by atoms with E-state index >= 15 is 0 Å². The number of halogens is 3. The van der Waals surface area contributed by atoms with E-state index in [-0.39, 0.29) is 21.1 Å². The van der Waals surface area contributed by atoms with E-state index in [9.17, 15) is 4.79 Å². The average molecular weight is 346 g/mol. The smallest absolute Gasteiger partial charge is 0.256 e. The van der Waals surface area contributed by atoms with Crippen molar-refractivity contribution in [2.24, 2.45) is 0 Å². The molecule has 1 amide bonds. The van der Waals surface area contributed by atoms with E-state index in [1.807, 2.05) is 6.92 Å². The van der Waals surface area contributed by atoms with Crippen LogP contribution in [0.2, 0.25) is 15.5 Å². The highest BCUT2D eigenvalue weighted by atomic mass is 35.5. The molecule has 0 aromatic carbocycles. The van der Waals surface area contributed by atoms with E-state index in [0.29, 0.717) is 5.56 Å². The van der Waals surface area contributed by atoms with Crippen molar-refractivity contribution in [2.75, 3.05) is 5.32 Å². The zero-order valence-corrected chi connectivity index (χ0v) is 13.3. The minimum absolute atomic E-state index is 0.0669. The van der Waals surface area contributed by atoms with E-state index in [1.54, 1.807) is 6.07 Å². The fraction of sp³-hybridized carbons (Fsp3) is 0.231. The van der Waals surface area contributed by atoms with Gasteiger partial charge in [0.05, 0.1) is 0 Å². The second-order valence-electron chi connectivity index (χ2n) is 4.20. The molecule has 0 saturated carbocycles. The predicted molar refractivity (Wildman–Crippen MR) is 83.2 cm³/mol. The van der Waals surface area contributed by atoms with Crippen LogP contribution in [-0.2, 0) is 6.42 Å². The van der Waals surface area contributed by atoms with Crippen molar-refractivity contribution < 1.29 is 4.79 Å². The monoisotopic (exact) mass is 344 g/mol. The molecule has 2 rings (SSSR count). The summed E-state index contributed by atoms with van der Waals surface area (Å²) in [5.74, 6) is -0.407. The van der Waals surface area contributed by atoms with Crippen LogP contribution >= 0.6 is 34.8 Å². The molecule has 8 heteroatoms. The Hall–Kier alpha value is -1.43. The lowest BCUT2D eigenvalue weighted by atomic mass is 10.1. The SMILES string of the molecule is CCCc1cc(C(=O)Nc2c(Cl)ncnc2Cl)cc(Cl)n1. The van der Waals surface area contributed by atoms with Crippen LogP contribution in [0.4, 0.5) is 5.69 Å². The van der Waals surface area contributed by atoms with Crippen molar-refractivity contribution >= 4 is 46.4 Å². The van der Waals surface area contributed by atoms with Crippen LogP contribution in [-0.4, -0.2) is 20.9 Å². The summed E-state index contributed by atoms with van der Waals surface area (Å²) in [5.41, 5.74) is 1.28. The standard InChI is InChI=1S/C13H11Cl3N4O/c1-2-3-8-4-7(5-9(14)19-8)13(21)20-10-11(15)17-6-18-12(10)16/h4-6H,2-3H2,1H3,(H,20,21). The first kappa shape index (κ1) is 15.9. The molecule has 0 aliphatic carbocycles. The third-order valence-electron chi connectivity index (χ3n) is 2.61. The molecule has 110 valence electrons. The number of carbonyl (C=O) groups excluding carboxylic acids is 1. The second-order valence-corrected chi connectivity index (χ2v) is 5.31. The van der Waals surface area contributed by atoms with E-state index < -0.39 is 5.91 Å². The molecular weight excluding hydrogens is 335 g/mol. The summed E-state index contributed by atoms with van der Waals surface area (Å²) in [4.78, 5) is 23.9. The number of hydrogen-bond donors (Lipinski definition) is 1. The lowest BCUT2D eigenvalue weighted by Crippen LogP contribution is -2.14. The zero-order chi connectivity index (χ0) is 15.4. The van der Waals surface area contributed by atoms with Crippen molar-refractivity contribution in [3.05, 3.63) is 45.2 Å². The topological polar surface area (TPSA) is 67.8 Å². The number of pyridine rings is 1. The first-order valence-electron chi connectivity index (χ1n) is 6.15. The summed E-state index contributed by atoms with van der Waals surface area (Å²) in [6.07, 6.45) is 2.85. The third-order valence-corrected chi connectivity index (χ3v) is 3.38. The third kappa shape index (κ3) is 4.03. The molecule has 0 atom stereocenters. The van der Waals surface area contributed by atoms with Crippen molar-refractivity contribution in [2.45, 2.75) is 19.8 Å². The minimum Gasteiger partial charge on any atom is -0.317 e. The van der Waals surface area contributed by atoms with Gasteiger partial charge in [-0.3, -0.25) is 4.79 Å². The summed E-state index contributed by atoms with van der Waals surface area (Å²) >= 11 is 17.7. The van der Waals surface area contributed by atoms with Crippen molar-refractivity contribution in [3.8, 4) is 0 Å². The number of aryl methyl sites for hydroxylation is 1. The molecule has 2 aromatic heterocycles. The molecule has 2 aromatic rings. The Morgan fingerprint density at radius 2 is 1.86 bits per heavy atom. The fourth-order valence-corrected chi connectivity index (χ4v) is 2.34. The van der Waals surface area contributed by atoms with Gasteiger partial charge in [0, 0.05) is 11.3 Å². The molecule has 5 nitrogen and oxygen atoms in total. The molecule has 2 heterocycles. The Bertz CT molecular complexity index is 658. The minimum atomic E-state index is -0.407. The van der Waals surface area contributed by atoms with Gasteiger partial charge >= 0.3 is 0 Å². The van der Waals surface area contributed by atoms with Crippen LogP contribution in [0.5, 0.6) is 0 Å². The lowest BCUT2D eigenvalue weighted by molar-refractivity contribution is 0.102. The fourth-order valence-electron chi connectivity index (χ4n) is 1.70. The van der Waals surface area contributed by atoms with Gasteiger partial charge in [-0.2, -0.15) is 0 Å². The van der Waals surface area contributed by atoms with Gasteiger partial charge in [-0.15, -0.1) is 0 Å². The molecule has 0 radical (unpaired) electrons. The van der Waals surface area contributed by atoms with Crippen molar-refractivity contribution in [3.63, 3.8) is 0 Å². The van der Waals surface area contributed by atoms with Crippen LogP contribution in [0.1, 0.15) is 29.4 Å². The summed E-state index contributed by atoms with van der Waals surface area (Å²) < 4.78 is 0. The number of amides is 1. The Morgan fingerprint density at radius 1 is 1.19 bits per heavy atom. The van der Waals surface area contributed by atoms with Crippen LogP contribution in [0.25, 0.3) is 0 Å². The molecule has 1 N–H and O–H groups in total. The number of hydrogen-bond acceptors (Lipinski definition) is 4. The number of aromatic nitrogens is 3. The highest BCUT2D eigenvalue weighted by molar-refractivity contribution is 6.38. The van der Waals surface area contributed by atoms with Gasteiger partial charge in [-0.25, -0.2) is 15.0 Å². The molecule has 21 heavy (non-hydrogen) atoms. The van der Waals surface area contributed by atoms with Gasteiger partial charge in [0.2, 0.25) is 0 Å². The van der Waals surface area contributed by atoms with Gasteiger partial charge in [0.25, 0.3) is 5.91 Å². The Balaban J connectivity index is 2.28. The maximum atomic E-state index is 12.3. The van der Waals surface area contributed by atoms with Gasteiger partial charge < -0.3 is 5.32 Å². The van der Waals surface area contributed by atoms with Gasteiger partial charge in [0.15, 0.2) is 10.3 Å². The second kappa shape index (κ2) is 7.02. The van der Waals surface area contributed by atoms with E-state index in [0.717, 1.165) is 18.5 Å². The number of anilines is 1. The Morgan fingerprint density at radius 3 is 2.48 bits per heavy atom. The lowest BCUT2D eigenvalue weighted by Gasteiger charge is -2.09. The molecule has 0 spiro atoms. The number of nitrogens with one attached hydrogen (secondary N) is 1. The largest absolute Gasteiger partial charge is 0.317 e. The van der Waals surface area contributed by atoms with Crippen LogP contribution in [0.3, 0.4) is 0 Å². The highest BCUT2D eigenvalue weighted by Gasteiger charge is 2.14. The normalized spacial score (nSPS) is 10.5. The van der Waals surface area contributed by atoms with Crippen molar-refractivity contribution in [1.29, 1.82) is 0 Å². The zero-order valence-electron chi connectivity index (χ0n) is 11.0. The van der Waals surface area contributed by atoms with Gasteiger partial charge in [-0.1, -0.05) is 48.1 Å². The maximum Gasteiger partial charge on any atom is 0.256 e. The molecule has 0 fully saturated rings. The van der Waals surface area contributed by atoms with Crippen LogP contribution in [0, 0.1) is 0 Å². The van der Waals surface area contributed by atoms with E-state index in [4.69, 9.17) is 34.8 Å². The molecule has 0 aliphatic rings. The first-order chi connectivity index (χ1) is 10.0. The Kier molecular flexibility index (Phi) is 5.33. The van der Waals surface area contributed by atoms with Gasteiger partial charge in [0.1, 0.15) is 17.2 Å². The predicted octanol–water partition coefficient (Wildman–Crippen LogP) is 4.04. The van der Waals surface area contributed by atoms with Crippen molar-refractivity contribution in [1.82, 2.24) is 15.0 Å². The number of nitrogens with zero attached hydrogens (tertiary/aromatic N) is 3. The maximum absolute atomic E-state index is 12.3. The average Bonchev–Trinajstić information content (AvgIpc) is 2.42. The molecule has 0 aliphatic heterocycles. The number of rotatable bonds is 4. The molecule has 0 saturated heterocycles. The first-order valence-corrected chi connectivity index (χ1v) is 7.28. The molecular formula is C13H11Cl3N4O. The van der Waals surface area contributed by atoms with Crippen LogP contribution in [0.15, 0.2) is 18.5 Å². The summed E-state index contributed by atoms with van der Waals surface area (Å²) in [7, 11) is 0. The van der Waals surface area contributed by atoms with E-state index in [1.165, 1.54) is 12.4 Å². The summed E-state index contributed by atoms with van der Waals surface area (Å²) in [6, 6.07) is 3.15. The number of carbonyl (C=O) groups is 1. The van der Waals surface area contributed by atoms with Crippen LogP contribution < -0.4 is 5.32 Å². The quantitative estimate of drug-likeness (QED) is 0.671. The summed E-state index contributed by atoms with van der Waals surface area (Å²) in [6.45, 7) is 2.02. The molecule has 0 unspecified atom stereocenters. The molecule has 0 bridgehead atoms. The van der Waals surface area contributed by atoms with Gasteiger partial charge in [-0.05, 0) is 18.6 Å². The highest BCUT2D eigenvalue weighted by Crippen LogP contribution is 2.26. The van der Waals surface area contributed by atoms with E-state index in [2.05, 4.69) is 20.3 Å².